The lowest BCUT2D eigenvalue weighted by Gasteiger charge is -2.12. The second-order valence-electron chi connectivity index (χ2n) is 5.27. The van der Waals surface area contributed by atoms with Crippen LogP contribution in [-0.2, 0) is 21.2 Å². The van der Waals surface area contributed by atoms with Gasteiger partial charge in [-0.2, -0.15) is 0 Å². The third-order valence-electron chi connectivity index (χ3n) is 3.63. The van der Waals surface area contributed by atoms with Gasteiger partial charge >= 0.3 is 0 Å². The average Bonchev–Trinajstić information content (AvgIpc) is 2.90. The molecule has 0 spiro atoms. The number of hydrogen-bond donors (Lipinski definition) is 3. The van der Waals surface area contributed by atoms with Gasteiger partial charge in [0.05, 0.1) is 4.90 Å². The highest BCUT2D eigenvalue weighted by molar-refractivity contribution is 7.89. The summed E-state index contributed by atoms with van der Waals surface area (Å²) in [5.41, 5.74) is 1.10. The molecule has 0 saturated carbocycles. The van der Waals surface area contributed by atoms with Gasteiger partial charge < -0.3 is 10.6 Å². The predicted molar refractivity (Wildman–Crippen MR) is 88.7 cm³/mol. The molecule has 124 valence electrons. The van der Waals surface area contributed by atoms with Crippen molar-refractivity contribution in [1.29, 1.82) is 0 Å². The normalized spacial score (nSPS) is 17.8. The van der Waals surface area contributed by atoms with Crippen LogP contribution in [0.3, 0.4) is 0 Å². The molecule has 0 bridgehead atoms. The van der Waals surface area contributed by atoms with E-state index in [4.69, 9.17) is 5.14 Å². The molecule has 1 amide bonds. The summed E-state index contributed by atoms with van der Waals surface area (Å²) in [6, 6.07) is 5.02. The van der Waals surface area contributed by atoms with Crippen LogP contribution in [0.1, 0.15) is 31.7 Å². The van der Waals surface area contributed by atoms with E-state index in [9.17, 15) is 13.2 Å². The fourth-order valence-corrected chi connectivity index (χ4v) is 3.43. The quantitative estimate of drug-likeness (QED) is 0.749. The molecule has 4 N–H and O–H groups in total. The van der Waals surface area contributed by atoms with E-state index in [1.54, 1.807) is 12.1 Å². The number of primary sulfonamides is 1. The molecule has 1 aromatic carbocycles. The topological polar surface area (TPSA) is 101 Å². The molecule has 1 saturated heterocycles. The highest BCUT2D eigenvalue weighted by atomic mass is 35.5. The summed E-state index contributed by atoms with van der Waals surface area (Å²) >= 11 is 0. The predicted octanol–water partition coefficient (Wildman–Crippen LogP) is 1.40. The van der Waals surface area contributed by atoms with Crippen molar-refractivity contribution >= 4 is 34.0 Å². The number of benzene rings is 1. The fourth-order valence-electron chi connectivity index (χ4n) is 2.56. The van der Waals surface area contributed by atoms with E-state index in [2.05, 4.69) is 10.6 Å². The SMILES string of the molecule is CCc1ccc(NC(=O)CC2CCCN2)cc1S(N)(=O)=O.Cl. The van der Waals surface area contributed by atoms with Crippen LogP contribution in [0.4, 0.5) is 5.69 Å². The van der Waals surface area contributed by atoms with Gasteiger partial charge in [0.2, 0.25) is 15.9 Å². The van der Waals surface area contributed by atoms with Crippen LogP contribution in [-0.4, -0.2) is 26.9 Å². The molecule has 1 unspecified atom stereocenters. The largest absolute Gasteiger partial charge is 0.326 e. The Morgan fingerprint density at radius 3 is 2.73 bits per heavy atom. The van der Waals surface area contributed by atoms with Gasteiger partial charge in [-0.05, 0) is 43.5 Å². The number of rotatable bonds is 5. The number of halogens is 1. The second-order valence-corrected chi connectivity index (χ2v) is 6.80. The van der Waals surface area contributed by atoms with E-state index in [1.807, 2.05) is 6.92 Å². The summed E-state index contributed by atoms with van der Waals surface area (Å²) in [7, 11) is -3.79. The van der Waals surface area contributed by atoms with Crippen LogP contribution in [0.5, 0.6) is 0 Å². The van der Waals surface area contributed by atoms with Gasteiger partial charge in [-0.15, -0.1) is 12.4 Å². The van der Waals surface area contributed by atoms with Crippen LogP contribution in [0, 0.1) is 0 Å². The van der Waals surface area contributed by atoms with Crippen LogP contribution >= 0.6 is 12.4 Å². The van der Waals surface area contributed by atoms with Crippen molar-refractivity contribution in [1.82, 2.24) is 5.32 Å². The molecule has 1 heterocycles. The first-order valence-corrected chi connectivity index (χ1v) is 8.63. The number of hydrogen-bond acceptors (Lipinski definition) is 4. The van der Waals surface area contributed by atoms with Crippen LogP contribution < -0.4 is 15.8 Å². The zero-order chi connectivity index (χ0) is 15.5. The third-order valence-corrected chi connectivity index (χ3v) is 4.63. The van der Waals surface area contributed by atoms with Crippen molar-refractivity contribution in [2.75, 3.05) is 11.9 Å². The number of aryl methyl sites for hydroxylation is 1. The molecule has 8 heteroatoms. The first-order valence-electron chi connectivity index (χ1n) is 7.09. The van der Waals surface area contributed by atoms with Gasteiger partial charge in [0.15, 0.2) is 0 Å². The Labute approximate surface area is 137 Å². The molecule has 6 nitrogen and oxygen atoms in total. The van der Waals surface area contributed by atoms with Crippen molar-refractivity contribution in [2.24, 2.45) is 5.14 Å². The summed E-state index contributed by atoms with van der Waals surface area (Å²) in [5, 5.41) is 11.2. The Bertz CT molecular complexity index is 628. The minimum atomic E-state index is -3.79. The number of sulfonamides is 1. The monoisotopic (exact) mass is 347 g/mol. The summed E-state index contributed by atoms with van der Waals surface area (Å²) in [6.07, 6.45) is 3.02. The maximum absolute atomic E-state index is 12.0. The van der Waals surface area contributed by atoms with E-state index in [0.717, 1.165) is 19.4 Å². The second kappa shape index (κ2) is 7.92. The van der Waals surface area contributed by atoms with Crippen molar-refractivity contribution < 1.29 is 13.2 Å². The highest BCUT2D eigenvalue weighted by Gasteiger charge is 2.19. The van der Waals surface area contributed by atoms with E-state index in [1.165, 1.54) is 6.07 Å². The first kappa shape index (κ1) is 18.9. The van der Waals surface area contributed by atoms with Crippen molar-refractivity contribution in [3.8, 4) is 0 Å². The fraction of sp³-hybridized carbons (Fsp3) is 0.500. The smallest absolute Gasteiger partial charge is 0.238 e. The maximum Gasteiger partial charge on any atom is 0.238 e. The molecule has 1 atom stereocenters. The van der Waals surface area contributed by atoms with E-state index < -0.39 is 10.0 Å². The van der Waals surface area contributed by atoms with Crippen LogP contribution in [0.15, 0.2) is 23.1 Å². The molecular weight excluding hydrogens is 326 g/mol. The average molecular weight is 348 g/mol. The number of amides is 1. The number of nitrogens with one attached hydrogen (secondary N) is 2. The minimum Gasteiger partial charge on any atom is -0.326 e. The molecule has 22 heavy (non-hydrogen) atoms. The Morgan fingerprint density at radius 2 is 2.18 bits per heavy atom. The standard InChI is InChI=1S/C14H21N3O3S.ClH/c1-2-10-5-6-12(8-13(10)21(15,19)20)17-14(18)9-11-4-3-7-16-11;/h5-6,8,11,16H,2-4,7,9H2,1H3,(H,17,18)(H2,15,19,20);1H. The highest BCUT2D eigenvalue weighted by Crippen LogP contribution is 2.21. The van der Waals surface area contributed by atoms with E-state index in [0.29, 0.717) is 24.1 Å². The summed E-state index contributed by atoms with van der Waals surface area (Å²) in [4.78, 5) is 12.0. The number of carbonyl (C=O) groups excluding carboxylic acids is 1. The number of anilines is 1. The number of carbonyl (C=O) groups is 1. The van der Waals surface area contributed by atoms with E-state index in [-0.39, 0.29) is 29.3 Å². The minimum absolute atomic E-state index is 0. The zero-order valence-electron chi connectivity index (χ0n) is 12.5. The molecule has 1 fully saturated rings. The van der Waals surface area contributed by atoms with Gasteiger partial charge in [-0.1, -0.05) is 13.0 Å². The summed E-state index contributed by atoms with van der Waals surface area (Å²) < 4.78 is 23.2. The van der Waals surface area contributed by atoms with Crippen molar-refractivity contribution in [3.63, 3.8) is 0 Å². The summed E-state index contributed by atoms with van der Waals surface area (Å²) in [6.45, 7) is 2.80. The molecule has 1 aliphatic heterocycles. The van der Waals surface area contributed by atoms with Crippen molar-refractivity contribution in [3.05, 3.63) is 23.8 Å². The maximum atomic E-state index is 12.0. The Balaban J connectivity index is 0.00000242. The molecule has 2 rings (SSSR count). The lowest BCUT2D eigenvalue weighted by atomic mass is 10.1. The lowest BCUT2D eigenvalue weighted by molar-refractivity contribution is -0.116. The van der Waals surface area contributed by atoms with Gasteiger partial charge in [0.25, 0.3) is 0 Å². The van der Waals surface area contributed by atoms with Gasteiger partial charge in [-0.25, -0.2) is 13.6 Å². The Kier molecular flexibility index (Phi) is 6.80. The lowest BCUT2D eigenvalue weighted by Crippen LogP contribution is -2.27. The number of nitrogens with two attached hydrogens (primary N) is 1. The molecule has 0 aromatic heterocycles. The van der Waals surface area contributed by atoms with Crippen molar-refractivity contribution in [2.45, 2.75) is 43.5 Å². The van der Waals surface area contributed by atoms with Gasteiger partial charge in [0, 0.05) is 18.2 Å². The molecule has 0 radical (unpaired) electrons. The Hall–Kier alpha value is -1.15. The third kappa shape index (κ3) is 4.95. The summed E-state index contributed by atoms with van der Waals surface area (Å²) in [5.74, 6) is -0.126. The molecule has 0 aliphatic carbocycles. The Morgan fingerprint density at radius 1 is 1.45 bits per heavy atom. The molecule has 1 aromatic rings. The molecule has 1 aliphatic rings. The molecular formula is C14H22ClN3O3S. The first-order chi connectivity index (χ1) is 9.90. The van der Waals surface area contributed by atoms with Gasteiger partial charge in [-0.3, -0.25) is 4.79 Å². The van der Waals surface area contributed by atoms with Crippen LogP contribution in [0.25, 0.3) is 0 Å². The van der Waals surface area contributed by atoms with Gasteiger partial charge in [0.1, 0.15) is 0 Å². The zero-order valence-corrected chi connectivity index (χ0v) is 14.1. The van der Waals surface area contributed by atoms with E-state index >= 15 is 0 Å². The van der Waals surface area contributed by atoms with Crippen LogP contribution in [0.2, 0.25) is 0 Å².